The van der Waals surface area contributed by atoms with Gasteiger partial charge >= 0.3 is 222 Å². The van der Waals surface area contributed by atoms with Crippen molar-refractivity contribution >= 4 is 33.1 Å². The number of hydrogen-bond donors (Lipinski definition) is 1. The maximum absolute atomic E-state index is 10.3. The molecule has 0 aliphatic heterocycles. The molecular weight excluding hydrogens is 479 g/mol. The molecule has 0 amide bonds. The molecule has 188 valence electrons. The van der Waals surface area contributed by atoms with Crippen LogP contribution in [0.25, 0.3) is 0 Å². The average Bonchev–Trinajstić information content (AvgIpc) is 2.88. The molecule has 1 nitrogen and oxygen atoms in total. The number of hydrogen-bond acceptors (Lipinski definition) is 1. The van der Waals surface area contributed by atoms with Crippen molar-refractivity contribution in [2.24, 2.45) is 5.41 Å². The quantitative estimate of drug-likeness (QED) is 0.252. The van der Waals surface area contributed by atoms with E-state index >= 15 is 0 Å². The van der Waals surface area contributed by atoms with Crippen molar-refractivity contribution in [1.82, 2.24) is 0 Å². The predicted molar refractivity (Wildman–Crippen MR) is 160 cm³/mol. The van der Waals surface area contributed by atoms with Gasteiger partial charge in [0, 0.05) is 0 Å². The topological polar surface area (TPSA) is 20.2 Å². The maximum atomic E-state index is 10.3. The predicted octanol–water partition coefficient (Wildman–Crippen LogP) is 7.67. The number of halogens is 1. The molecule has 3 aromatic carbocycles. The van der Waals surface area contributed by atoms with E-state index in [0.29, 0.717) is 0 Å². The van der Waals surface area contributed by atoms with Crippen molar-refractivity contribution in [1.29, 1.82) is 0 Å². The van der Waals surface area contributed by atoms with Gasteiger partial charge in [-0.3, -0.25) is 0 Å². The zero-order valence-electron chi connectivity index (χ0n) is 21.9. The van der Waals surface area contributed by atoms with Crippen LogP contribution in [-0.2, 0) is 0 Å². The minimum absolute atomic E-state index is 0.0393. The first kappa shape index (κ1) is 26.6. The summed E-state index contributed by atoms with van der Waals surface area (Å²) in [6.07, 6.45) is 8.80. The number of aliphatic hydroxyl groups is 1. The van der Waals surface area contributed by atoms with E-state index in [4.69, 9.17) is 11.2 Å². The molecule has 0 heterocycles. The molecule has 36 heavy (non-hydrogen) atoms. The Labute approximate surface area is 222 Å². The summed E-state index contributed by atoms with van der Waals surface area (Å²) in [6.45, 7) is 8.76. The van der Waals surface area contributed by atoms with E-state index < -0.39 is 5.96 Å². The third kappa shape index (κ3) is 5.03. The van der Waals surface area contributed by atoms with Gasteiger partial charge in [0.2, 0.25) is 0 Å². The Bertz CT molecular complexity index is 1170. The Balaban J connectivity index is 1.82. The molecule has 0 radical (unpaired) electrons. The van der Waals surface area contributed by atoms with Gasteiger partial charge in [-0.1, -0.05) is 0 Å². The molecule has 4 rings (SSSR count). The van der Waals surface area contributed by atoms with Crippen molar-refractivity contribution in [3.8, 4) is 0 Å². The first-order chi connectivity index (χ1) is 17.1. The van der Waals surface area contributed by atoms with Crippen molar-refractivity contribution in [2.75, 3.05) is 6.16 Å². The molecule has 0 fully saturated rings. The average molecular weight is 517 g/mol. The molecule has 1 atom stereocenters. The van der Waals surface area contributed by atoms with Gasteiger partial charge in [-0.15, -0.1) is 0 Å². The first-order valence-electron chi connectivity index (χ1n) is 12.8. The third-order valence-corrected chi connectivity index (χ3v) is 14.8. The van der Waals surface area contributed by atoms with Crippen molar-refractivity contribution in [2.45, 2.75) is 46.6 Å². The van der Waals surface area contributed by atoms with Gasteiger partial charge in [-0.2, -0.15) is 0 Å². The van der Waals surface area contributed by atoms with Crippen LogP contribution in [0.15, 0.2) is 126 Å². The van der Waals surface area contributed by atoms with Gasteiger partial charge in [0.1, 0.15) is 0 Å². The molecule has 0 saturated carbocycles. The van der Waals surface area contributed by atoms with Gasteiger partial charge in [0.15, 0.2) is 0 Å². The van der Waals surface area contributed by atoms with Gasteiger partial charge < -0.3 is 0 Å². The standard InChI is InChI=1S/C33H38ClOP/c1-26(20-21-32-27(2)24-28(35)25-33(32,3)4)22-23-36(34,29-14-8-5-9-15-29,30-16-10-6-11-17-30)31-18-12-7-13-19-31/h5-22,28,35H,23-25H2,1-4H3/b21-20+,26-22+. The van der Waals surface area contributed by atoms with Crippen molar-refractivity contribution in [3.05, 3.63) is 126 Å². The minimum atomic E-state index is -3.31. The van der Waals surface area contributed by atoms with Crippen molar-refractivity contribution < 1.29 is 5.11 Å². The molecule has 3 aromatic rings. The summed E-state index contributed by atoms with van der Waals surface area (Å²) < 4.78 is 0. The van der Waals surface area contributed by atoms with Crippen LogP contribution >= 0.6 is 17.2 Å². The summed E-state index contributed by atoms with van der Waals surface area (Å²) in [5.41, 5.74) is 3.76. The summed E-state index contributed by atoms with van der Waals surface area (Å²) in [4.78, 5) is 0. The fourth-order valence-corrected chi connectivity index (χ4v) is 11.5. The fourth-order valence-electron chi connectivity index (χ4n) is 5.76. The molecule has 3 heteroatoms. The van der Waals surface area contributed by atoms with Crippen LogP contribution in [0.2, 0.25) is 0 Å². The van der Waals surface area contributed by atoms with Crippen LogP contribution in [0.1, 0.15) is 40.5 Å². The zero-order chi connectivity index (χ0) is 25.8. The van der Waals surface area contributed by atoms with Gasteiger partial charge in [0.05, 0.1) is 0 Å². The molecular formula is C33H38ClOP. The SMILES string of the molecule is CC1=C(/C=C/C(C)=C/CP(Cl)(c2ccccc2)(c2ccccc2)c2ccccc2)C(C)(C)CC(O)C1. The van der Waals surface area contributed by atoms with E-state index in [1.807, 2.05) is 0 Å². The first-order valence-corrected chi connectivity index (χ1v) is 16.1. The number of allylic oxidation sites excluding steroid dienone is 5. The summed E-state index contributed by atoms with van der Waals surface area (Å²) in [5.74, 6) is -3.31. The van der Waals surface area contributed by atoms with E-state index in [0.717, 1.165) is 19.0 Å². The van der Waals surface area contributed by atoms with Crippen LogP contribution in [-0.4, -0.2) is 17.4 Å². The Kier molecular flexibility index (Phi) is 7.77. The van der Waals surface area contributed by atoms with E-state index in [2.05, 4.69) is 137 Å². The Hall–Kier alpha value is -2.44. The molecule has 0 spiro atoms. The second kappa shape index (κ2) is 10.5. The Morgan fingerprint density at radius 1 is 0.889 bits per heavy atom. The summed E-state index contributed by atoms with van der Waals surface area (Å²) in [6, 6.07) is 31.9. The van der Waals surface area contributed by atoms with Crippen LogP contribution in [0, 0.1) is 5.41 Å². The Morgan fingerprint density at radius 3 is 1.75 bits per heavy atom. The Morgan fingerprint density at radius 2 is 1.33 bits per heavy atom. The molecule has 1 aliphatic carbocycles. The van der Waals surface area contributed by atoms with Crippen LogP contribution < -0.4 is 15.9 Å². The monoisotopic (exact) mass is 516 g/mol. The van der Waals surface area contributed by atoms with Crippen molar-refractivity contribution in [3.63, 3.8) is 0 Å². The fraction of sp³-hybridized carbons (Fsp3) is 0.273. The van der Waals surface area contributed by atoms with E-state index in [1.165, 1.54) is 32.6 Å². The van der Waals surface area contributed by atoms with Gasteiger partial charge in [-0.05, 0) is 0 Å². The van der Waals surface area contributed by atoms with Crippen LogP contribution in [0.4, 0.5) is 0 Å². The molecule has 0 saturated heterocycles. The summed E-state index contributed by atoms with van der Waals surface area (Å²) in [7, 11) is 0. The molecule has 1 unspecified atom stereocenters. The summed E-state index contributed by atoms with van der Waals surface area (Å²) >= 11 is 8.18. The van der Waals surface area contributed by atoms with Crippen LogP contribution in [0.3, 0.4) is 0 Å². The summed E-state index contributed by atoms with van der Waals surface area (Å²) in [5, 5.41) is 13.8. The molecule has 1 N–H and O–H groups in total. The number of aliphatic hydroxyl groups excluding tert-OH is 1. The molecule has 1 aliphatic rings. The number of rotatable bonds is 7. The van der Waals surface area contributed by atoms with E-state index in [9.17, 15) is 5.11 Å². The van der Waals surface area contributed by atoms with Crippen LogP contribution in [0.5, 0.6) is 0 Å². The van der Waals surface area contributed by atoms with E-state index in [-0.39, 0.29) is 11.5 Å². The second-order valence-electron chi connectivity index (χ2n) is 10.8. The van der Waals surface area contributed by atoms with Gasteiger partial charge in [-0.25, -0.2) is 0 Å². The second-order valence-corrected chi connectivity index (χ2v) is 17.3. The normalized spacial score (nSPS) is 19.8. The molecule has 0 aromatic heterocycles. The zero-order valence-corrected chi connectivity index (χ0v) is 23.5. The number of benzene rings is 3. The van der Waals surface area contributed by atoms with Gasteiger partial charge in [0.25, 0.3) is 0 Å². The van der Waals surface area contributed by atoms with E-state index in [1.54, 1.807) is 0 Å². The molecule has 0 bridgehead atoms. The third-order valence-electron chi connectivity index (χ3n) is 7.63.